The van der Waals surface area contributed by atoms with Gasteiger partial charge in [0.25, 0.3) is 0 Å². The van der Waals surface area contributed by atoms with E-state index in [1.165, 1.54) is 6.07 Å². The quantitative estimate of drug-likeness (QED) is 0.839. The van der Waals surface area contributed by atoms with Gasteiger partial charge in [-0.3, -0.25) is 4.79 Å². The van der Waals surface area contributed by atoms with E-state index >= 15 is 0 Å². The van der Waals surface area contributed by atoms with Gasteiger partial charge in [0.15, 0.2) is 0 Å². The number of carbonyl (C=O) groups is 1. The van der Waals surface area contributed by atoms with Crippen molar-refractivity contribution in [2.45, 2.75) is 45.7 Å². The number of nitrogens with zero attached hydrogens (tertiary/aromatic N) is 2. The lowest BCUT2D eigenvalue weighted by atomic mass is 10.1. The van der Waals surface area contributed by atoms with Gasteiger partial charge in [0.05, 0.1) is 11.6 Å². The second kappa shape index (κ2) is 8.38. The molecule has 1 aromatic carbocycles. The smallest absolute Gasteiger partial charge is 0.222 e. The van der Waals surface area contributed by atoms with Crippen molar-refractivity contribution < 1.29 is 9.18 Å². The van der Waals surface area contributed by atoms with Gasteiger partial charge in [-0.1, -0.05) is 6.07 Å². The summed E-state index contributed by atoms with van der Waals surface area (Å²) in [5, 5.41) is 8.72. The summed E-state index contributed by atoms with van der Waals surface area (Å²) in [6, 6.07) is 6.30. The summed E-state index contributed by atoms with van der Waals surface area (Å²) in [4.78, 5) is 13.7. The zero-order chi connectivity index (χ0) is 15.8. The fraction of sp³-hybridized carbons (Fsp3) is 0.500. The van der Waals surface area contributed by atoms with Crippen molar-refractivity contribution in [2.75, 3.05) is 6.54 Å². The van der Waals surface area contributed by atoms with Crippen LogP contribution in [-0.2, 0) is 11.3 Å². The summed E-state index contributed by atoms with van der Waals surface area (Å²) < 4.78 is 13.8. The summed E-state index contributed by atoms with van der Waals surface area (Å²) in [6.07, 6.45) is 1.96. The minimum absolute atomic E-state index is 0.00177. The Morgan fingerprint density at radius 2 is 2.24 bits per heavy atom. The van der Waals surface area contributed by atoms with E-state index in [1.807, 2.05) is 19.9 Å². The van der Waals surface area contributed by atoms with Crippen molar-refractivity contribution in [3.05, 3.63) is 35.1 Å². The van der Waals surface area contributed by atoms with E-state index in [1.54, 1.807) is 17.0 Å². The van der Waals surface area contributed by atoms with Gasteiger partial charge in [0.1, 0.15) is 5.82 Å². The van der Waals surface area contributed by atoms with Crippen LogP contribution < -0.4 is 5.73 Å². The second-order valence-electron chi connectivity index (χ2n) is 5.20. The standard InChI is InChI=1S/C16H22FN3O/c1-3-20(16(21)6-4-5-12(2)19)11-14-8-7-13(10-18)9-15(14)17/h7-9,12H,3-6,11,19H2,1-2H3. The largest absolute Gasteiger partial charge is 0.339 e. The Morgan fingerprint density at radius 3 is 2.76 bits per heavy atom. The number of hydrogen-bond donors (Lipinski definition) is 1. The highest BCUT2D eigenvalue weighted by atomic mass is 19.1. The summed E-state index contributed by atoms with van der Waals surface area (Å²) in [6.45, 7) is 4.53. The van der Waals surface area contributed by atoms with Crippen LogP contribution in [0.2, 0.25) is 0 Å². The molecule has 5 heteroatoms. The Balaban J connectivity index is 2.65. The molecule has 0 fully saturated rings. The van der Waals surface area contributed by atoms with Gasteiger partial charge >= 0.3 is 0 Å². The van der Waals surface area contributed by atoms with E-state index in [-0.39, 0.29) is 24.1 Å². The molecule has 0 radical (unpaired) electrons. The number of halogens is 1. The molecule has 1 atom stereocenters. The second-order valence-corrected chi connectivity index (χ2v) is 5.20. The Kier molecular flexibility index (Phi) is 6.83. The van der Waals surface area contributed by atoms with E-state index < -0.39 is 5.82 Å². The molecule has 2 N–H and O–H groups in total. The van der Waals surface area contributed by atoms with Crippen molar-refractivity contribution in [2.24, 2.45) is 5.73 Å². The fourth-order valence-electron chi connectivity index (χ4n) is 2.06. The number of rotatable bonds is 7. The Hall–Kier alpha value is -1.93. The number of nitriles is 1. The van der Waals surface area contributed by atoms with Crippen molar-refractivity contribution >= 4 is 5.91 Å². The maximum Gasteiger partial charge on any atom is 0.222 e. The number of carbonyl (C=O) groups excluding carboxylic acids is 1. The van der Waals surface area contributed by atoms with Crippen LogP contribution in [0.4, 0.5) is 4.39 Å². The van der Waals surface area contributed by atoms with Crippen LogP contribution in [0.5, 0.6) is 0 Å². The van der Waals surface area contributed by atoms with Gasteiger partial charge in [-0.05, 0) is 38.8 Å². The molecule has 1 unspecified atom stereocenters. The van der Waals surface area contributed by atoms with Gasteiger partial charge < -0.3 is 10.6 Å². The number of benzene rings is 1. The van der Waals surface area contributed by atoms with Crippen LogP contribution in [0.3, 0.4) is 0 Å². The zero-order valence-corrected chi connectivity index (χ0v) is 12.6. The van der Waals surface area contributed by atoms with Gasteiger partial charge in [0.2, 0.25) is 5.91 Å². The van der Waals surface area contributed by atoms with Gasteiger partial charge in [-0.25, -0.2) is 4.39 Å². The zero-order valence-electron chi connectivity index (χ0n) is 12.6. The molecule has 0 aliphatic rings. The molecule has 0 heterocycles. The minimum atomic E-state index is -0.448. The van der Waals surface area contributed by atoms with Crippen LogP contribution in [0, 0.1) is 17.1 Å². The monoisotopic (exact) mass is 291 g/mol. The first kappa shape index (κ1) is 17.1. The Bertz CT molecular complexity index is 523. The highest BCUT2D eigenvalue weighted by Gasteiger charge is 2.14. The topological polar surface area (TPSA) is 70.1 Å². The summed E-state index contributed by atoms with van der Waals surface area (Å²) >= 11 is 0. The molecule has 0 saturated carbocycles. The van der Waals surface area contributed by atoms with Crippen LogP contribution in [0.15, 0.2) is 18.2 Å². The normalized spacial score (nSPS) is 11.8. The third kappa shape index (κ3) is 5.52. The van der Waals surface area contributed by atoms with Crippen LogP contribution >= 0.6 is 0 Å². The van der Waals surface area contributed by atoms with Crippen LogP contribution in [-0.4, -0.2) is 23.4 Å². The summed E-state index contributed by atoms with van der Waals surface area (Å²) in [5.41, 5.74) is 6.36. The minimum Gasteiger partial charge on any atom is -0.339 e. The van der Waals surface area contributed by atoms with Crippen molar-refractivity contribution in [3.8, 4) is 6.07 Å². The van der Waals surface area contributed by atoms with Crippen molar-refractivity contribution in [1.29, 1.82) is 5.26 Å². The molecule has 114 valence electrons. The molecule has 4 nitrogen and oxygen atoms in total. The lowest BCUT2D eigenvalue weighted by Gasteiger charge is -2.21. The van der Waals surface area contributed by atoms with E-state index in [0.717, 1.165) is 12.8 Å². The van der Waals surface area contributed by atoms with E-state index in [2.05, 4.69) is 0 Å². The third-order valence-electron chi connectivity index (χ3n) is 3.33. The van der Waals surface area contributed by atoms with E-state index in [9.17, 15) is 9.18 Å². The first-order valence-corrected chi connectivity index (χ1v) is 7.19. The highest BCUT2D eigenvalue weighted by Crippen LogP contribution is 2.14. The molecular weight excluding hydrogens is 269 g/mol. The van der Waals surface area contributed by atoms with Crippen LogP contribution in [0.25, 0.3) is 0 Å². The molecular formula is C16H22FN3O. The van der Waals surface area contributed by atoms with Gasteiger partial charge in [0, 0.05) is 31.1 Å². The molecule has 0 aromatic heterocycles. The first-order chi connectivity index (χ1) is 9.97. The number of nitrogens with two attached hydrogens (primary N) is 1. The van der Waals surface area contributed by atoms with Gasteiger partial charge in [-0.15, -0.1) is 0 Å². The summed E-state index contributed by atoms with van der Waals surface area (Å²) in [5.74, 6) is -0.446. The third-order valence-corrected chi connectivity index (χ3v) is 3.33. The van der Waals surface area contributed by atoms with E-state index in [4.69, 9.17) is 11.0 Å². The molecule has 1 rings (SSSR count). The average molecular weight is 291 g/mol. The molecule has 0 saturated heterocycles. The molecule has 0 aliphatic heterocycles. The SMILES string of the molecule is CCN(Cc1ccc(C#N)cc1F)C(=O)CCCC(C)N. The average Bonchev–Trinajstić information content (AvgIpc) is 2.45. The first-order valence-electron chi connectivity index (χ1n) is 7.19. The number of amides is 1. The lowest BCUT2D eigenvalue weighted by molar-refractivity contribution is -0.131. The predicted octanol–water partition coefficient (Wildman–Crippen LogP) is 2.56. The molecule has 1 amide bonds. The van der Waals surface area contributed by atoms with Crippen molar-refractivity contribution in [3.63, 3.8) is 0 Å². The van der Waals surface area contributed by atoms with Crippen molar-refractivity contribution in [1.82, 2.24) is 4.90 Å². The lowest BCUT2D eigenvalue weighted by Crippen LogP contribution is -2.30. The maximum absolute atomic E-state index is 13.8. The molecule has 0 aliphatic carbocycles. The number of hydrogen-bond acceptors (Lipinski definition) is 3. The summed E-state index contributed by atoms with van der Waals surface area (Å²) in [7, 11) is 0. The molecule has 0 spiro atoms. The predicted molar refractivity (Wildman–Crippen MR) is 79.7 cm³/mol. The highest BCUT2D eigenvalue weighted by molar-refractivity contribution is 5.76. The molecule has 0 bridgehead atoms. The molecule has 21 heavy (non-hydrogen) atoms. The fourth-order valence-corrected chi connectivity index (χ4v) is 2.06. The maximum atomic E-state index is 13.8. The Labute approximate surface area is 125 Å². The van der Waals surface area contributed by atoms with Crippen LogP contribution in [0.1, 0.15) is 44.2 Å². The van der Waals surface area contributed by atoms with E-state index in [0.29, 0.717) is 18.5 Å². The Morgan fingerprint density at radius 1 is 1.52 bits per heavy atom. The van der Waals surface area contributed by atoms with Gasteiger partial charge in [-0.2, -0.15) is 5.26 Å². The molecule has 1 aromatic rings.